The van der Waals surface area contributed by atoms with Crippen LogP contribution in [0, 0.1) is 5.41 Å². The second kappa shape index (κ2) is 3.02. The summed E-state index contributed by atoms with van der Waals surface area (Å²) in [5, 5.41) is -0.0579. The Morgan fingerprint density at radius 3 is 2.25 bits per heavy atom. The van der Waals surface area contributed by atoms with Crippen molar-refractivity contribution in [2.45, 2.75) is 45.3 Å². The first kappa shape index (κ1) is 10.0. The second-order valence-corrected chi connectivity index (χ2v) is 7.30. The molecule has 72 valence electrons. The first-order valence-corrected chi connectivity index (χ1v) is 6.24. The van der Waals surface area contributed by atoms with E-state index in [1.165, 1.54) is 0 Å². The van der Waals surface area contributed by atoms with E-state index in [4.69, 9.17) is 0 Å². The molecule has 0 amide bonds. The zero-order valence-corrected chi connectivity index (χ0v) is 8.95. The smallest absolute Gasteiger partial charge is 0.153 e. The molecule has 0 radical (unpaired) electrons. The number of sulfone groups is 1. The van der Waals surface area contributed by atoms with Gasteiger partial charge in [0.1, 0.15) is 0 Å². The molecule has 3 heteroatoms. The average molecular weight is 190 g/mol. The maximum absolute atomic E-state index is 11.4. The van der Waals surface area contributed by atoms with E-state index >= 15 is 0 Å². The Hall–Kier alpha value is -0.0500. The lowest BCUT2D eigenvalue weighted by atomic mass is 9.89. The van der Waals surface area contributed by atoms with Crippen molar-refractivity contribution in [3.63, 3.8) is 0 Å². The molecule has 0 aromatic heterocycles. The van der Waals surface area contributed by atoms with Gasteiger partial charge in [-0.25, -0.2) is 8.42 Å². The SMILES string of the molecule is CC(C)(C)CC1CCCS1(=O)=O. The summed E-state index contributed by atoms with van der Waals surface area (Å²) in [5.41, 5.74) is 0.141. The van der Waals surface area contributed by atoms with Crippen molar-refractivity contribution in [2.24, 2.45) is 5.41 Å². The van der Waals surface area contributed by atoms with Gasteiger partial charge in [0.15, 0.2) is 9.84 Å². The van der Waals surface area contributed by atoms with Crippen molar-refractivity contribution in [3.8, 4) is 0 Å². The topological polar surface area (TPSA) is 34.1 Å². The molecule has 1 fully saturated rings. The summed E-state index contributed by atoms with van der Waals surface area (Å²) in [4.78, 5) is 0. The van der Waals surface area contributed by atoms with E-state index < -0.39 is 9.84 Å². The molecule has 2 nitrogen and oxygen atoms in total. The van der Waals surface area contributed by atoms with Crippen LogP contribution in [0.3, 0.4) is 0 Å². The number of hydrogen-bond donors (Lipinski definition) is 0. The first-order chi connectivity index (χ1) is 5.31. The lowest BCUT2D eigenvalue weighted by Crippen LogP contribution is -2.22. The monoisotopic (exact) mass is 190 g/mol. The van der Waals surface area contributed by atoms with Gasteiger partial charge in [-0.1, -0.05) is 20.8 Å². The van der Waals surface area contributed by atoms with Gasteiger partial charge in [0.2, 0.25) is 0 Å². The highest BCUT2D eigenvalue weighted by Crippen LogP contribution is 2.31. The Labute approximate surface area is 75.3 Å². The summed E-state index contributed by atoms with van der Waals surface area (Å²) in [7, 11) is -2.72. The lowest BCUT2D eigenvalue weighted by molar-refractivity contribution is 0.364. The Balaban J connectivity index is 2.66. The van der Waals surface area contributed by atoms with Gasteiger partial charge in [0, 0.05) is 0 Å². The second-order valence-electron chi connectivity index (χ2n) is 4.90. The van der Waals surface area contributed by atoms with E-state index in [-0.39, 0.29) is 10.7 Å². The Bertz CT molecular complexity index is 246. The van der Waals surface area contributed by atoms with Crippen molar-refractivity contribution < 1.29 is 8.42 Å². The van der Waals surface area contributed by atoms with Crippen LogP contribution < -0.4 is 0 Å². The molecule has 1 rings (SSSR count). The van der Waals surface area contributed by atoms with Crippen LogP contribution in [-0.4, -0.2) is 19.4 Å². The summed E-state index contributed by atoms with van der Waals surface area (Å²) >= 11 is 0. The fourth-order valence-corrected chi connectivity index (χ4v) is 3.95. The molecular weight excluding hydrogens is 172 g/mol. The van der Waals surface area contributed by atoms with Crippen molar-refractivity contribution >= 4 is 9.84 Å². The molecule has 1 atom stereocenters. The minimum atomic E-state index is -2.72. The highest BCUT2D eigenvalue weighted by Gasteiger charge is 2.33. The molecule has 0 spiro atoms. The third-order valence-electron chi connectivity index (χ3n) is 2.30. The van der Waals surface area contributed by atoms with Crippen LogP contribution in [0.25, 0.3) is 0 Å². The van der Waals surface area contributed by atoms with E-state index in [9.17, 15) is 8.42 Å². The van der Waals surface area contributed by atoms with Crippen LogP contribution in [-0.2, 0) is 9.84 Å². The molecule has 0 aliphatic carbocycles. The number of hydrogen-bond acceptors (Lipinski definition) is 2. The van der Waals surface area contributed by atoms with Gasteiger partial charge in [-0.2, -0.15) is 0 Å². The van der Waals surface area contributed by atoms with Gasteiger partial charge >= 0.3 is 0 Å². The Kier molecular flexibility index (Phi) is 2.52. The first-order valence-electron chi connectivity index (χ1n) is 4.53. The summed E-state index contributed by atoms with van der Waals surface area (Å²) in [5.74, 6) is 0.410. The molecule has 1 unspecified atom stereocenters. The lowest BCUT2D eigenvalue weighted by Gasteiger charge is -2.21. The van der Waals surface area contributed by atoms with Crippen LogP contribution >= 0.6 is 0 Å². The van der Waals surface area contributed by atoms with Crippen LogP contribution in [0.2, 0.25) is 0 Å². The van der Waals surface area contributed by atoms with Crippen molar-refractivity contribution in [1.29, 1.82) is 0 Å². The minimum absolute atomic E-state index is 0.0579. The van der Waals surface area contributed by atoms with Gasteiger partial charge in [-0.05, 0) is 24.7 Å². The maximum Gasteiger partial charge on any atom is 0.153 e. The van der Waals surface area contributed by atoms with E-state index in [0.717, 1.165) is 19.3 Å². The van der Waals surface area contributed by atoms with Crippen molar-refractivity contribution in [2.75, 3.05) is 5.75 Å². The van der Waals surface area contributed by atoms with E-state index in [1.807, 2.05) is 0 Å². The quantitative estimate of drug-likeness (QED) is 0.633. The van der Waals surface area contributed by atoms with Gasteiger partial charge in [-0.15, -0.1) is 0 Å². The zero-order valence-electron chi connectivity index (χ0n) is 8.13. The van der Waals surface area contributed by atoms with E-state index in [0.29, 0.717) is 5.75 Å². The van der Waals surface area contributed by atoms with Crippen molar-refractivity contribution in [1.82, 2.24) is 0 Å². The van der Waals surface area contributed by atoms with Gasteiger partial charge in [-0.3, -0.25) is 0 Å². The largest absolute Gasteiger partial charge is 0.229 e. The van der Waals surface area contributed by atoms with Crippen molar-refractivity contribution in [3.05, 3.63) is 0 Å². The summed E-state index contributed by atoms with van der Waals surface area (Å²) in [6.07, 6.45) is 2.55. The van der Waals surface area contributed by atoms with E-state index in [2.05, 4.69) is 20.8 Å². The molecule has 0 N–H and O–H groups in total. The Morgan fingerprint density at radius 1 is 1.33 bits per heavy atom. The molecule has 0 aromatic rings. The molecule has 1 aliphatic heterocycles. The molecule has 1 heterocycles. The predicted octanol–water partition coefficient (Wildman–Crippen LogP) is 2.00. The maximum atomic E-state index is 11.4. The summed E-state index contributed by atoms with van der Waals surface area (Å²) in [6, 6.07) is 0. The molecule has 0 saturated carbocycles. The van der Waals surface area contributed by atoms with E-state index in [1.54, 1.807) is 0 Å². The molecule has 1 aliphatic rings. The molecule has 12 heavy (non-hydrogen) atoms. The Morgan fingerprint density at radius 2 is 1.92 bits per heavy atom. The molecule has 0 aromatic carbocycles. The predicted molar refractivity (Wildman–Crippen MR) is 50.9 cm³/mol. The fourth-order valence-electron chi connectivity index (χ4n) is 1.77. The van der Waals surface area contributed by atoms with Crippen LogP contribution in [0.1, 0.15) is 40.0 Å². The van der Waals surface area contributed by atoms with Gasteiger partial charge in [0.25, 0.3) is 0 Å². The highest BCUT2D eigenvalue weighted by atomic mass is 32.2. The average Bonchev–Trinajstić information content (AvgIpc) is 2.07. The molecule has 0 bridgehead atoms. The summed E-state index contributed by atoms with van der Waals surface area (Å²) < 4.78 is 22.9. The minimum Gasteiger partial charge on any atom is -0.229 e. The third-order valence-corrected chi connectivity index (χ3v) is 4.58. The normalized spacial score (nSPS) is 29.1. The van der Waals surface area contributed by atoms with Gasteiger partial charge < -0.3 is 0 Å². The molecular formula is C9H18O2S. The van der Waals surface area contributed by atoms with Crippen LogP contribution in [0.5, 0.6) is 0 Å². The zero-order chi connectivity index (χ0) is 9.41. The summed E-state index contributed by atoms with van der Waals surface area (Å²) in [6.45, 7) is 6.29. The third kappa shape index (κ3) is 2.47. The van der Waals surface area contributed by atoms with Crippen LogP contribution in [0.4, 0.5) is 0 Å². The highest BCUT2D eigenvalue weighted by molar-refractivity contribution is 7.92. The fraction of sp³-hybridized carbons (Fsp3) is 1.00. The number of rotatable bonds is 1. The van der Waals surface area contributed by atoms with Gasteiger partial charge in [0.05, 0.1) is 11.0 Å². The molecule has 1 saturated heterocycles. The standard InChI is InChI=1S/C9H18O2S/c1-9(2,3)7-8-5-4-6-12(8,10)11/h8H,4-7H2,1-3H3. The van der Waals surface area contributed by atoms with Crippen LogP contribution in [0.15, 0.2) is 0 Å².